The summed E-state index contributed by atoms with van der Waals surface area (Å²) in [6.45, 7) is 9.36. The summed E-state index contributed by atoms with van der Waals surface area (Å²) < 4.78 is 5.42. The Balaban J connectivity index is 1.69. The number of thiophene rings is 1. The average Bonchev–Trinajstić information content (AvgIpc) is 3.53. The minimum atomic E-state index is -0.0924. The van der Waals surface area contributed by atoms with Crippen LogP contribution in [-0.2, 0) is 33.7 Å². The summed E-state index contributed by atoms with van der Waals surface area (Å²) in [5.41, 5.74) is 1.95. The number of allylic oxidation sites excluding steroid dienone is 4. The third-order valence-corrected chi connectivity index (χ3v) is 12.1. The Labute approximate surface area is 347 Å². The molecule has 0 aromatic carbocycles. The van der Waals surface area contributed by atoms with Gasteiger partial charge in [0.1, 0.15) is 5.78 Å². The summed E-state index contributed by atoms with van der Waals surface area (Å²) in [5, 5.41) is 3.14. The number of carbonyl (C=O) groups excluding carboxylic acids is 3. The van der Waals surface area contributed by atoms with Gasteiger partial charge in [-0.05, 0) is 90.4 Å². The van der Waals surface area contributed by atoms with E-state index in [1.807, 2.05) is 14.1 Å². The number of rotatable bonds is 36. The molecule has 56 heavy (non-hydrogen) atoms. The number of carbonyl (C=O) groups is 3. The van der Waals surface area contributed by atoms with Gasteiger partial charge in [-0.1, -0.05) is 128 Å². The highest BCUT2D eigenvalue weighted by atomic mass is 32.1. The molecule has 7 nitrogen and oxygen atoms in total. The van der Waals surface area contributed by atoms with Crippen LogP contribution in [0, 0.1) is 0 Å². The molecule has 0 bridgehead atoms. The zero-order valence-electron chi connectivity index (χ0n) is 36.6. The number of ketones is 1. The van der Waals surface area contributed by atoms with Gasteiger partial charge < -0.3 is 15.0 Å². The minimum Gasteiger partial charge on any atom is -0.466 e. The quantitative estimate of drug-likeness (QED) is 0.0414. The number of amides is 1. The summed E-state index contributed by atoms with van der Waals surface area (Å²) in [4.78, 5) is 45.7. The molecule has 1 aromatic rings. The molecule has 0 atom stereocenters. The van der Waals surface area contributed by atoms with E-state index >= 15 is 0 Å². The standard InChI is InChI=1S/C48H83N3O4S/c1-5-7-9-11-13-14-15-16-17-18-19-20-21-22-26-30-36-51-37-34-43-45(41-51)56-44(47(43)48(54)49-35-38-50(3)4)40-42(52)32-28-24-25-29-33-46(53)55-39-31-27-23-12-10-8-6-2/h13-14,16-17H,5-12,15,18-41H2,1-4H3,(H,49,54)/b14-13-,17-16-. The third-order valence-electron chi connectivity index (χ3n) is 10.9. The number of fused-ring (bicyclic) bond motifs is 1. The SMILES string of the molecule is CCCCC/C=C\C/C=C\CCCCCCCCN1CCc2c(sc(CC(=O)CCCCCCC(=O)OCCCCCCCCC)c2C(=O)NCCN(C)C)C1. The van der Waals surface area contributed by atoms with Crippen molar-refractivity contribution in [3.8, 4) is 0 Å². The molecule has 2 heterocycles. The van der Waals surface area contributed by atoms with Crippen molar-refractivity contribution >= 4 is 29.0 Å². The molecule has 1 amide bonds. The smallest absolute Gasteiger partial charge is 0.305 e. The number of unbranched alkanes of at least 4 members (excludes halogenated alkanes) is 18. The molecule has 0 spiro atoms. The molecule has 1 aliphatic heterocycles. The van der Waals surface area contributed by atoms with Crippen LogP contribution >= 0.6 is 11.3 Å². The number of Topliss-reactive ketones (excluding diaryl/α,β-unsaturated/α-hetero) is 1. The molecule has 0 saturated heterocycles. The van der Waals surface area contributed by atoms with Gasteiger partial charge in [0.2, 0.25) is 0 Å². The van der Waals surface area contributed by atoms with E-state index in [0.29, 0.717) is 32.4 Å². The van der Waals surface area contributed by atoms with E-state index in [1.165, 1.54) is 113 Å². The van der Waals surface area contributed by atoms with E-state index < -0.39 is 0 Å². The van der Waals surface area contributed by atoms with Crippen LogP contribution in [0.25, 0.3) is 0 Å². The van der Waals surface area contributed by atoms with E-state index in [1.54, 1.807) is 11.3 Å². The van der Waals surface area contributed by atoms with Crippen molar-refractivity contribution < 1.29 is 19.1 Å². The fourth-order valence-electron chi connectivity index (χ4n) is 7.43. The average molecular weight is 798 g/mol. The van der Waals surface area contributed by atoms with Crippen molar-refractivity contribution in [3.05, 3.63) is 45.2 Å². The first-order valence-corrected chi connectivity index (χ1v) is 23.9. The molecule has 1 aromatic heterocycles. The lowest BCUT2D eigenvalue weighted by molar-refractivity contribution is -0.143. The van der Waals surface area contributed by atoms with Gasteiger partial charge in [0.25, 0.3) is 5.91 Å². The summed E-state index contributed by atoms with van der Waals surface area (Å²) in [5.74, 6) is 0.0908. The first-order chi connectivity index (χ1) is 27.3. The topological polar surface area (TPSA) is 78.9 Å². The first-order valence-electron chi connectivity index (χ1n) is 23.1. The van der Waals surface area contributed by atoms with Crippen LogP contribution in [0.1, 0.15) is 200 Å². The zero-order chi connectivity index (χ0) is 40.5. The van der Waals surface area contributed by atoms with E-state index in [0.717, 1.165) is 88.0 Å². The molecule has 0 aliphatic carbocycles. The van der Waals surface area contributed by atoms with Crippen LogP contribution in [-0.4, -0.2) is 74.3 Å². The number of likely N-dealkylation sites (N-methyl/N-ethyl adjacent to an activating group) is 1. The second kappa shape index (κ2) is 33.7. The molecule has 320 valence electrons. The van der Waals surface area contributed by atoms with Crippen LogP contribution in [0.4, 0.5) is 0 Å². The van der Waals surface area contributed by atoms with Gasteiger partial charge in [0.05, 0.1) is 12.2 Å². The Hall–Kier alpha value is -2.29. The van der Waals surface area contributed by atoms with Gasteiger partial charge >= 0.3 is 5.97 Å². The molecular weight excluding hydrogens is 715 g/mol. The van der Waals surface area contributed by atoms with E-state index in [2.05, 4.69) is 53.3 Å². The summed E-state index contributed by atoms with van der Waals surface area (Å²) in [7, 11) is 4.02. The molecule has 2 rings (SSSR count). The summed E-state index contributed by atoms with van der Waals surface area (Å²) in [6.07, 6.45) is 38.7. The third kappa shape index (κ3) is 24.5. The predicted molar refractivity (Wildman–Crippen MR) is 239 cm³/mol. The predicted octanol–water partition coefficient (Wildman–Crippen LogP) is 12.0. The van der Waals surface area contributed by atoms with Crippen molar-refractivity contribution in [2.45, 2.75) is 194 Å². The molecule has 0 radical (unpaired) electrons. The molecule has 1 aliphatic rings. The number of esters is 1. The maximum Gasteiger partial charge on any atom is 0.305 e. The largest absolute Gasteiger partial charge is 0.466 e. The van der Waals surface area contributed by atoms with Gasteiger partial charge in [-0.3, -0.25) is 19.3 Å². The van der Waals surface area contributed by atoms with E-state index in [9.17, 15) is 14.4 Å². The highest BCUT2D eigenvalue weighted by molar-refractivity contribution is 7.12. The monoisotopic (exact) mass is 798 g/mol. The fraction of sp³-hybridized carbons (Fsp3) is 0.771. The Morgan fingerprint density at radius 3 is 2.02 bits per heavy atom. The number of hydrogen-bond acceptors (Lipinski definition) is 7. The van der Waals surface area contributed by atoms with Crippen LogP contribution in [0.5, 0.6) is 0 Å². The second-order valence-electron chi connectivity index (χ2n) is 16.4. The van der Waals surface area contributed by atoms with Crippen molar-refractivity contribution in [1.29, 1.82) is 0 Å². The normalized spacial score (nSPS) is 13.3. The number of hydrogen-bond donors (Lipinski definition) is 1. The van der Waals surface area contributed by atoms with Crippen LogP contribution in [0.2, 0.25) is 0 Å². The lowest BCUT2D eigenvalue weighted by atomic mass is 9.98. The lowest BCUT2D eigenvalue weighted by Gasteiger charge is -2.27. The van der Waals surface area contributed by atoms with Crippen molar-refractivity contribution in [3.63, 3.8) is 0 Å². The Kier molecular flexibility index (Phi) is 30.0. The van der Waals surface area contributed by atoms with Crippen molar-refractivity contribution in [2.24, 2.45) is 0 Å². The molecule has 0 unspecified atom stereocenters. The maximum absolute atomic E-state index is 13.5. The first kappa shape index (κ1) is 49.9. The van der Waals surface area contributed by atoms with Gasteiger partial charge in [-0.15, -0.1) is 11.3 Å². The Bertz CT molecular complexity index is 1240. The van der Waals surface area contributed by atoms with Gasteiger partial charge in [-0.2, -0.15) is 0 Å². The Morgan fingerprint density at radius 1 is 0.732 bits per heavy atom. The van der Waals surface area contributed by atoms with Crippen molar-refractivity contribution in [2.75, 3.05) is 46.9 Å². The molecule has 0 saturated carbocycles. The number of nitrogens with zero attached hydrogens (tertiary/aromatic N) is 2. The van der Waals surface area contributed by atoms with Gasteiger partial charge in [0, 0.05) is 55.2 Å². The zero-order valence-corrected chi connectivity index (χ0v) is 37.4. The molecular formula is C48H83N3O4S. The van der Waals surface area contributed by atoms with Crippen LogP contribution in [0.3, 0.4) is 0 Å². The molecule has 8 heteroatoms. The fourth-order valence-corrected chi connectivity index (χ4v) is 8.85. The van der Waals surface area contributed by atoms with Crippen LogP contribution < -0.4 is 5.32 Å². The van der Waals surface area contributed by atoms with Gasteiger partial charge in [0.15, 0.2) is 0 Å². The van der Waals surface area contributed by atoms with E-state index in [4.69, 9.17) is 4.74 Å². The second-order valence-corrected chi connectivity index (χ2v) is 17.6. The number of ether oxygens (including phenoxy) is 1. The highest BCUT2D eigenvalue weighted by Crippen LogP contribution is 2.34. The summed E-state index contributed by atoms with van der Waals surface area (Å²) in [6, 6.07) is 0. The molecule has 0 fully saturated rings. The maximum atomic E-state index is 13.5. The van der Waals surface area contributed by atoms with Crippen molar-refractivity contribution in [1.82, 2.24) is 15.1 Å². The van der Waals surface area contributed by atoms with Crippen LogP contribution in [0.15, 0.2) is 24.3 Å². The van der Waals surface area contributed by atoms with E-state index in [-0.39, 0.29) is 17.7 Å². The lowest BCUT2D eigenvalue weighted by Crippen LogP contribution is -2.34. The van der Waals surface area contributed by atoms with Gasteiger partial charge in [-0.25, -0.2) is 0 Å². The minimum absolute atomic E-state index is 0.0235. The molecule has 1 N–H and O–H groups in total. The Morgan fingerprint density at radius 2 is 1.32 bits per heavy atom. The summed E-state index contributed by atoms with van der Waals surface area (Å²) >= 11 is 1.70. The number of nitrogens with one attached hydrogen (secondary N) is 1. The highest BCUT2D eigenvalue weighted by Gasteiger charge is 2.28.